The van der Waals surface area contributed by atoms with Crippen LogP contribution in [0.3, 0.4) is 0 Å². The Morgan fingerprint density at radius 3 is 2.52 bits per heavy atom. The van der Waals surface area contributed by atoms with Crippen molar-refractivity contribution < 1.29 is 23.8 Å². The molecule has 0 spiro atoms. The zero-order valence-electron chi connectivity index (χ0n) is 26.7. The molecule has 0 saturated carbocycles. The van der Waals surface area contributed by atoms with Crippen LogP contribution in [0.1, 0.15) is 56.7 Å². The van der Waals surface area contributed by atoms with Crippen LogP contribution >= 0.6 is 11.8 Å². The number of carbonyl (C=O) groups excluding carboxylic acids is 2. The number of methoxy groups -OCH3 is 3. The average Bonchev–Trinajstić information content (AvgIpc) is 3.36. The number of likely N-dealkylation sites (tertiary alicyclic amines) is 1. The van der Waals surface area contributed by atoms with Gasteiger partial charge in [0.2, 0.25) is 23.0 Å². The third-order valence-electron chi connectivity index (χ3n) is 8.59. The molecule has 1 unspecified atom stereocenters. The maximum Gasteiger partial charge on any atom is 0.242 e. The van der Waals surface area contributed by atoms with Gasteiger partial charge in [0.05, 0.1) is 33.1 Å². The predicted molar refractivity (Wildman–Crippen MR) is 176 cm³/mol. The molecule has 2 aromatic rings. The Balaban J connectivity index is 1.76. The normalized spacial score (nSPS) is 18.3. The number of hydrogen-bond donors (Lipinski definition) is 3. The smallest absolute Gasteiger partial charge is 0.242 e. The first-order chi connectivity index (χ1) is 21.3. The summed E-state index contributed by atoms with van der Waals surface area (Å²) in [5, 5.41) is 9.45. The van der Waals surface area contributed by atoms with Gasteiger partial charge in [-0.1, -0.05) is 13.0 Å². The summed E-state index contributed by atoms with van der Waals surface area (Å²) < 4.78 is 17.2. The first kappa shape index (κ1) is 33.5. The Morgan fingerprint density at radius 1 is 1.09 bits per heavy atom. The molecule has 3 atom stereocenters. The second kappa shape index (κ2) is 15.5. The Kier molecular flexibility index (Phi) is 11.8. The number of benzene rings is 1. The van der Waals surface area contributed by atoms with Gasteiger partial charge >= 0.3 is 0 Å². The number of likely N-dealkylation sites (N-methyl/N-ethyl adjacent to an activating group) is 1. The number of nitrogens with one attached hydrogen (secondary N) is 3. The van der Waals surface area contributed by atoms with Gasteiger partial charge in [-0.2, -0.15) is 11.8 Å². The molecule has 0 radical (unpaired) electrons. The summed E-state index contributed by atoms with van der Waals surface area (Å²) in [6.07, 6.45) is 5.95. The lowest BCUT2D eigenvalue weighted by Crippen LogP contribution is -2.46. The SMILES string of the molecule is CCN1CCCC1CNC(=O)[C@H](CCSC)Nc1ccc2c(cc1=O)[C@@H](NC(C)=O)CCc1cc(OC)c(OC)c(OC)c1-2. The molecule has 2 aromatic carbocycles. The summed E-state index contributed by atoms with van der Waals surface area (Å²) in [6, 6.07) is 6.44. The zero-order chi connectivity index (χ0) is 31.8. The first-order valence-corrected chi connectivity index (χ1v) is 16.7. The van der Waals surface area contributed by atoms with Crippen LogP contribution in [0, 0.1) is 0 Å². The molecule has 11 heteroatoms. The molecule has 1 saturated heterocycles. The van der Waals surface area contributed by atoms with E-state index in [4.69, 9.17) is 14.2 Å². The lowest BCUT2D eigenvalue weighted by atomic mass is 9.95. The van der Waals surface area contributed by atoms with Crippen LogP contribution in [0.15, 0.2) is 29.1 Å². The minimum atomic E-state index is -0.578. The van der Waals surface area contributed by atoms with Crippen molar-refractivity contribution in [1.29, 1.82) is 0 Å². The van der Waals surface area contributed by atoms with Gasteiger partial charge < -0.3 is 30.2 Å². The van der Waals surface area contributed by atoms with Gasteiger partial charge in [-0.3, -0.25) is 19.3 Å². The Morgan fingerprint density at radius 2 is 1.86 bits per heavy atom. The number of nitrogens with zero attached hydrogens (tertiary/aromatic N) is 1. The van der Waals surface area contributed by atoms with Crippen LogP contribution < -0.4 is 35.6 Å². The number of anilines is 1. The molecule has 0 aromatic heterocycles. The summed E-state index contributed by atoms with van der Waals surface area (Å²) in [5.41, 5.74) is 3.20. The van der Waals surface area contributed by atoms with Crippen molar-refractivity contribution in [2.75, 3.05) is 58.3 Å². The van der Waals surface area contributed by atoms with Crippen molar-refractivity contribution in [1.82, 2.24) is 15.5 Å². The van der Waals surface area contributed by atoms with Gasteiger partial charge in [-0.25, -0.2) is 0 Å². The number of hydrogen-bond acceptors (Lipinski definition) is 9. The highest BCUT2D eigenvalue weighted by molar-refractivity contribution is 7.98. The van der Waals surface area contributed by atoms with E-state index in [9.17, 15) is 14.4 Å². The fourth-order valence-electron chi connectivity index (χ4n) is 6.40. The summed E-state index contributed by atoms with van der Waals surface area (Å²) >= 11 is 1.66. The topological polar surface area (TPSA) is 118 Å². The van der Waals surface area contributed by atoms with Crippen molar-refractivity contribution >= 4 is 29.3 Å². The van der Waals surface area contributed by atoms with E-state index in [1.807, 2.05) is 18.4 Å². The largest absolute Gasteiger partial charge is 0.493 e. The number of rotatable bonds is 13. The number of thioether (sulfide) groups is 1. The van der Waals surface area contributed by atoms with Crippen molar-refractivity contribution in [3.8, 4) is 28.4 Å². The Labute approximate surface area is 264 Å². The van der Waals surface area contributed by atoms with Gasteiger partial charge in [0.1, 0.15) is 6.04 Å². The van der Waals surface area contributed by atoms with Crippen molar-refractivity contribution in [3.63, 3.8) is 0 Å². The van der Waals surface area contributed by atoms with Crippen molar-refractivity contribution in [2.24, 2.45) is 0 Å². The maximum absolute atomic E-state index is 13.8. The van der Waals surface area contributed by atoms with Crippen LogP contribution in [0.2, 0.25) is 0 Å². The predicted octanol–water partition coefficient (Wildman–Crippen LogP) is 4.00. The van der Waals surface area contributed by atoms with Gasteiger partial charge in [0, 0.05) is 25.1 Å². The summed E-state index contributed by atoms with van der Waals surface area (Å²) in [5.74, 6) is 1.93. The van der Waals surface area contributed by atoms with Gasteiger partial charge in [-0.15, -0.1) is 0 Å². The molecule has 3 N–H and O–H groups in total. The average molecular weight is 627 g/mol. The molecule has 1 fully saturated rings. The molecular weight excluding hydrogens is 580 g/mol. The lowest BCUT2D eigenvalue weighted by molar-refractivity contribution is -0.122. The van der Waals surface area contributed by atoms with Crippen LogP contribution in [0.4, 0.5) is 5.69 Å². The molecule has 1 aliphatic carbocycles. The first-order valence-electron chi connectivity index (χ1n) is 15.3. The van der Waals surface area contributed by atoms with Gasteiger partial charge in [-0.05, 0) is 92.1 Å². The number of aryl methyl sites for hydroxylation is 1. The number of fused-ring (bicyclic) bond motifs is 3. The third kappa shape index (κ3) is 7.43. The van der Waals surface area contributed by atoms with E-state index in [2.05, 4.69) is 27.8 Å². The molecule has 2 amide bonds. The monoisotopic (exact) mass is 626 g/mol. The molecule has 44 heavy (non-hydrogen) atoms. The summed E-state index contributed by atoms with van der Waals surface area (Å²) in [7, 11) is 4.70. The second-order valence-corrected chi connectivity index (χ2v) is 12.2. The fraction of sp³-hybridized carbons (Fsp3) is 0.545. The molecule has 0 bridgehead atoms. The highest BCUT2D eigenvalue weighted by Gasteiger charge is 2.30. The Hall–Kier alpha value is -3.44. The maximum atomic E-state index is 13.8. The number of amides is 2. The molecule has 10 nitrogen and oxygen atoms in total. The quantitative estimate of drug-likeness (QED) is 0.303. The number of carbonyl (C=O) groups is 2. The summed E-state index contributed by atoms with van der Waals surface area (Å²) in [4.78, 5) is 41.9. The van der Waals surface area contributed by atoms with E-state index in [1.165, 1.54) is 6.92 Å². The molecule has 4 rings (SSSR count). The van der Waals surface area contributed by atoms with Crippen molar-refractivity contribution in [2.45, 2.75) is 64.1 Å². The third-order valence-corrected chi connectivity index (χ3v) is 9.23. The number of ether oxygens (including phenoxy) is 3. The standard InChI is InChI=1S/C33H46N4O6S/c1-7-37-15-8-9-22(37)19-34-33(40)27(14-16-44-6)36-26-13-11-23-24(18-28(26)39)25(35-20(2)38)12-10-21-17-29(41-3)31(42-4)32(43-5)30(21)23/h11,13,17-18,22,25,27H,7-10,12,14-16,19H2,1-6H3,(H,34,40)(H,35,38)(H,36,39)/t22?,25-,27-/m0/s1. The fourth-order valence-corrected chi connectivity index (χ4v) is 6.87. The van der Waals surface area contributed by atoms with E-state index in [0.717, 1.165) is 48.4 Å². The Bertz CT molecular complexity index is 1400. The minimum absolute atomic E-state index is 0.116. The molecule has 240 valence electrons. The van der Waals surface area contributed by atoms with Crippen LogP contribution in [-0.4, -0.2) is 81.8 Å². The van der Waals surface area contributed by atoms with E-state index >= 15 is 0 Å². The lowest BCUT2D eigenvalue weighted by Gasteiger charge is -2.25. The van der Waals surface area contributed by atoms with E-state index in [-0.39, 0.29) is 17.2 Å². The van der Waals surface area contributed by atoms with Crippen molar-refractivity contribution in [3.05, 3.63) is 45.6 Å². The second-order valence-electron chi connectivity index (χ2n) is 11.2. The molecular formula is C33H46N4O6S. The minimum Gasteiger partial charge on any atom is -0.493 e. The van der Waals surface area contributed by atoms with E-state index < -0.39 is 12.1 Å². The van der Waals surface area contributed by atoms with Crippen LogP contribution in [-0.2, 0) is 16.0 Å². The van der Waals surface area contributed by atoms with Gasteiger partial charge in [0.15, 0.2) is 11.5 Å². The van der Waals surface area contributed by atoms with Crippen LogP contribution in [0.25, 0.3) is 11.1 Å². The van der Waals surface area contributed by atoms with Gasteiger partial charge in [0.25, 0.3) is 0 Å². The van der Waals surface area contributed by atoms with E-state index in [0.29, 0.717) is 60.3 Å². The van der Waals surface area contributed by atoms with E-state index in [1.54, 1.807) is 45.2 Å². The highest BCUT2D eigenvalue weighted by atomic mass is 32.2. The molecule has 1 aliphatic heterocycles. The van der Waals surface area contributed by atoms with Crippen LogP contribution in [0.5, 0.6) is 17.2 Å². The summed E-state index contributed by atoms with van der Waals surface area (Å²) in [6.45, 7) is 6.23. The molecule has 2 aliphatic rings. The molecule has 1 heterocycles. The zero-order valence-corrected chi connectivity index (χ0v) is 27.5. The highest BCUT2D eigenvalue weighted by Crippen LogP contribution is 2.50.